The third-order valence-electron chi connectivity index (χ3n) is 5.80. The van der Waals surface area contributed by atoms with Gasteiger partial charge in [0, 0.05) is 16.4 Å². The average Bonchev–Trinajstić information content (AvgIpc) is 2.93. The van der Waals surface area contributed by atoms with E-state index in [9.17, 15) is 22.8 Å². The van der Waals surface area contributed by atoms with Crippen LogP contribution >= 0.6 is 11.6 Å². The molecule has 0 aliphatic rings. The zero-order valence-electron chi connectivity index (χ0n) is 20.4. The predicted octanol–water partition coefficient (Wildman–Crippen LogP) is 7.78. The first-order valence-corrected chi connectivity index (χ1v) is 12.2. The normalized spacial score (nSPS) is 12.6. The van der Waals surface area contributed by atoms with Crippen LogP contribution in [-0.4, -0.2) is 12.1 Å². The lowest BCUT2D eigenvalue weighted by Crippen LogP contribution is -2.43. The summed E-state index contributed by atoms with van der Waals surface area (Å²) in [6, 6.07) is 26.2. The van der Waals surface area contributed by atoms with Crippen molar-refractivity contribution < 1.29 is 22.8 Å². The van der Waals surface area contributed by atoms with Gasteiger partial charge in [-0.15, -0.1) is 0 Å². The Labute approximate surface area is 228 Å². The molecule has 0 saturated heterocycles. The maximum atomic E-state index is 13.0. The van der Waals surface area contributed by atoms with Crippen molar-refractivity contribution in [1.82, 2.24) is 10.6 Å². The van der Waals surface area contributed by atoms with Gasteiger partial charge in [0.05, 0.1) is 17.6 Å². The molecular formula is C29H24ClF3N4O2. The predicted molar refractivity (Wildman–Crippen MR) is 146 cm³/mol. The summed E-state index contributed by atoms with van der Waals surface area (Å²) in [6.45, 7) is 0. The van der Waals surface area contributed by atoms with E-state index in [-0.39, 0.29) is 5.69 Å². The van der Waals surface area contributed by atoms with E-state index in [0.717, 1.165) is 12.1 Å². The molecule has 0 unspecified atom stereocenters. The van der Waals surface area contributed by atoms with Crippen molar-refractivity contribution in [1.29, 1.82) is 0 Å². The third-order valence-corrected chi connectivity index (χ3v) is 6.05. The third kappa shape index (κ3) is 7.75. The van der Waals surface area contributed by atoms with Crippen LogP contribution in [0.4, 0.5) is 34.1 Å². The smallest absolute Gasteiger partial charge is 0.329 e. The Hall–Kier alpha value is -4.50. The van der Waals surface area contributed by atoms with Gasteiger partial charge in [-0.2, -0.15) is 13.2 Å². The first-order chi connectivity index (χ1) is 18.7. The number of carbonyl (C=O) groups is 2. The lowest BCUT2D eigenvalue weighted by atomic mass is 9.93. The molecule has 2 atom stereocenters. The second-order valence-corrected chi connectivity index (χ2v) is 8.99. The molecule has 0 radical (unpaired) electrons. The van der Waals surface area contributed by atoms with Crippen molar-refractivity contribution in [2.75, 3.05) is 10.6 Å². The first-order valence-electron chi connectivity index (χ1n) is 11.9. The molecule has 4 aromatic rings. The van der Waals surface area contributed by atoms with Gasteiger partial charge in [0.2, 0.25) is 0 Å². The molecule has 200 valence electrons. The van der Waals surface area contributed by atoms with Gasteiger partial charge in [0.1, 0.15) is 0 Å². The number of rotatable bonds is 7. The Morgan fingerprint density at radius 3 is 1.36 bits per heavy atom. The van der Waals surface area contributed by atoms with Gasteiger partial charge in [0.15, 0.2) is 0 Å². The summed E-state index contributed by atoms with van der Waals surface area (Å²) in [4.78, 5) is 26.1. The molecule has 4 aromatic carbocycles. The number of benzene rings is 4. The number of nitrogens with one attached hydrogen (secondary N) is 4. The summed E-state index contributed by atoms with van der Waals surface area (Å²) >= 11 is 5.93. The minimum atomic E-state index is -4.49. The molecule has 39 heavy (non-hydrogen) atoms. The van der Waals surface area contributed by atoms with E-state index >= 15 is 0 Å². The Morgan fingerprint density at radius 1 is 0.590 bits per heavy atom. The van der Waals surface area contributed by atoms with Gasteiger partial charge in [-0.3, -0.25) is 0 Å². The lowest BCUT2D eigenvalue weighted by Gasteiger charge is -2.30. The zero-order valence-corrected chi connectivity index (χ0v) is 21.1. The molecule has 0 fully saturated rings. The Morgan fingerprint density at radius 2 is 0.974 bits per heavy atom. The average molecular weight is 553 g/mol. The van der Waals surface area contributed by atoms with Crippen LogP contribution in [0.2, 0.25) is 5.02 Å². The van der Waals surface area contributed by atoms with E-state index in [1.807, 2.05) is 36.4 Å². The van der Waals surface area contributed by atoms with Gasteiger partial charge >= 0.3 is 18.2 Å². The topological polar surface area (TPSA) is 82.3 Å². The molecule has 4 amide bonds. The highest BCUT2D eigenvalue weighted by molar-refractivity contribution is 6.30. The van der Waals surface area contributed by atoms with Gasteiger partial charge in [0.25, 0.3) is 0 Å². The van der Waals surface area contributed by atoms with Crippen LogP contribution in [0.5, 0.6) is 0 Å². The number of hydrogen-bond acceptors (Lipinski definition) is 2. The summed E-state index contributed by atoms with van der Waals surface area (Å²) in [5.41, 5.74) is 1.29. The Balaban J connectivity index is 1.59. The quantitative estimate of drug-likeness (QED) is 0.189. The van der Waals surface area contributed by atoms with E-state index < -0.39 is 35.9 Å². The molecule has 4 N–H and O–H groups in total. The van der Waals surface area contributed by atoms with E-state index in [1.54, 1.807) is 48.5 Å². The van der Waals surface area contributed by atoms with Crippen LogP contribution in [0.1, 0.15) is 28.8 Å². The number of urea groups is 2. The molecule has 4 rings (SSSR count). The molecule has 0 aliphatic carbocycles. The number of alkyl halides is 3. The summed E-state index contributed by atoms with van der Waals surface area (Å²) < 4.78 is 38.7. The monoisotopic (exact) mass is 552 g/mol. The van der Waals surface area contributed by atoms with Gasteiger partial charge < -0.3 is 21.3 Å². The number of amides is 4. The highest BCUT2D eigenvalue weighted by Crippen LogP contribution is 2.31. The molecular weight excluding hydrogens is 529 g/mol. The number of halogens is 4. The fourth-order valence-corrected chi connectivity index (χ4v) is 4.06. The SMILES string of the molecule is O=C(Nc1ccc(Cl)cc1)N[C@H](c1ccccc1)[C@H](NC(=O)Nc1ccc(C(F)(F)F)cc1)c1ccccc1. The van der Waals surface area contributed by atoms with Gasteiger partial charge in [-0.05, 0) is 59.7 Å². The second-order valence-electron chi connectivity index (χ2n) is 8.56. The molecule has 0 heterocycles. The lowest BCUT2D eigenvalue weighted by molar-refractivity contribution is -0.137. The standard InChI is InChI=1S/C29H24ClF3N4O2/c30-22-13-17-24(18-14-22)35-28(39)37-26(20-9-5-2-6-10-20)25(19-7-3-1-4-8-19)36-27(38)34-23-15-11-21(12-16-23)29(31,32)33/h1-18,25-26H,(H2,34,36,38)(H2,35,37,39)/t25-,26-/m1/s1. The van der Waals surface area contributed by atoms with Crippen LogP contribution < -0.4 is 21.3 Å². The Kier molecular flexibility index (Phi) is 8.73. The molecule has 0 saturated carbocycles. The second kappa shape index (κ2) is 12.4. The van der Waals surface area contributed by atoms with Crippen LogP contribution in [0.15, 0.2) is 109 Å². The van der Waals surface area contributed by atoms with Crippen molar-refractivity contribution in [3.63, 3.8) is 0 Å². The maximum absolute atomic E-state index is 13.0. The minimum Gasteiger partial charge on any atom is -0.329 e. The van der Waals surface area contributed by atoms with Crippen molar-refractivity contribution >= 4 is 35.0 Å². The minimum absolute atomic E-state index is 0.178. The summed E-state index contributed by atoms with van der Waals surface area (Å²) in [5.74, 6) is 0. The largest absolute Gasteiger partial charge is 0.416 e. The van der Waals surface area contributed by atoms with Crippen molar-refractivity contribution in [3.05, 3.63) is 131 Å². The highest BCUT2D eigenvalue weighted by atomic mass is 35.5. The summed E-state index contributed by atoms with van der Waals surface area (Å²) in [6.07, 6.45) is -4.49. The van der Waals surface area contributed by atoms with Crippen LogP contribution in [-0.2, 0) is 6.18 Å². The van der Waals surface area contributed by atoms with E-state index in [0.29, 0.717) is 21.8 Å². The van der Waals surface area contributed by atoms with Crippen molar-refractivity contribution in [3.8, 4) is 0 Å². The molecule has 6 nitrogen and oxygen atoms in total. The fraction of sp³-hybridized carbons (Fsp3) is 0.103. The van der Waals surface area contributed by atoms with Crippen LogP contribution in [0, 0.1) is 0 Å². The van der Waals surface area contributed by atoms with Crippen molar-refractivity contribution in [2.24, 2.45) is 0 Å². The first kappa shape index (κ1) is 27.5. The fourth-order valence-electron chi connectivity index (χ4n) is 3.93. The van der Waals surface area contributed by atoms with Crippen LogP contribution in [0.3, 0.4) is 0 Å². The summed E-state index contributed by atoms with van der Waals surface area (Å²) in [7, 11) is 0. The van der Waals surface area contributed by atoms with Gasteiger partial charge in [-0.1, -0.05) is 72.3 Å². The number of anilines is 2. The van der Waals surface area contributed by atoms with Crippen LogP contribution in [0.25, 0.3) is 0 Å². The zero-order chi connectivity index (χ0) is 27.8. The van der Waals surface area contributed by atoms with E-state index in [2.05, 4.69) is 21.3 Å². The van der Waals surface area contributed by atoms with Gasteiger partial charge in [-0.25, -0.2) is 9.59 Å². The number of carbonyl (C=O) groups excluding carboxylic acids is 2. The van der Waals surface area contributed by atoms with E-state index in [1.165, 1.54) is 12.1 Å². The molecule has 0 aromatic heterocycles. The van der Waals surface area contributed by atoms with Crippen molar-refractivity contribution in [2.45, 2.75) is 18.3 Å². The molecule has 0 spiro atoms. The highest BCUT2D eigenvalue weighted by Gasteiger charge is 2.31. The Bertz CT molecular complexity index is 1380. The van der Waals surface area contributed by atoms with E-state index in [4.69, 9.17) is 11.6 Å². The molecule has 0 aliphatic heterocycles. The maximum Gasteiger partial charge on any atom is 0.416 e. The molecule has 10 heteroatoms. The number of hydrogen-bond donors (Lipinski definition) is 4. The summed E-state index contributed by atoms with van der Waals surface area (Å²) in [5, 5.41) is 11.7. The molecule has 0 bridgehead atoms.